The maximum absolute atomic E-state index is 12.5. The molecular formula is C13H8ClN3O2S. The highest BCUT2D eigenvalue weighted by Crippen LogP contribution is 2.31. The van der Waals surface area contributed by atoms with Crippen molar-refractivity contribution in [1.82, 2.24) is 9.97 Å². The number of carbonyl (C=O) groups excluding carboxylic acids is 1. The van der Waals surface area contributed by atoms with Crippen LogP contribution >= 0.6 is 22.9 Å². The SMILES string of the molecule is Nc1nc(-c2ccco2)c(C(=O)c2ccc(Cl)nc2)s1. The number of nitrogens with two attached hydrogens (primary N) is 1. The minimum atomic E-state index is -0.213. The van der Waals surface area contributed by atoms with Crippen LogP contribution in [0.1, 0.15) is 15.2 Å². The molecule has 0 saturated heterocycles. The van der Waals surface area contributed by atoms with Crippen molar-refractivity contribution < 1.29 is 9.21 Å². The Kier molecular flexibility index (Phi) is 3.25. The maximum Gasteiger partial charge on any atom is 0.206 e. The number of aromatic nitrogens is 2. The number of pyridine rings is 1. The van der Waals surface area contributed by atoms with Gasteiger partial charge in [-0.1, -0.05) is 22.9 Å². The second-order valence-electron chi connectivity index (χ2n) is 3.91. The van der Waals surface area contributed by atoms with E-state index in [9.17, 15) is 4.79 Å². The fourth-order valence-corrected chi connectivity index (χ4v) is 2.62. The monoisotopic (exact) mass is 305 g/mol. The molecule has 0 fully saturated rings. The molecule has 0 radical (unpaired) electrons. The number of hydrogen-bond donors (Lipinski definition) is 1. The summed E-state index contributed by atoms with van der Waals surface area (Å²) in [4.78, 5) is 20.9. The van der Waals surface area contributed by atoms with Gasteiger partial charge >= 0.3 is 0 Å². The molecule has 0 aromatic carbocycles. The summed E-state index contributed by atoms with van der Waals surface area (Å²) in [5.41, 5.74) is 6.57. The number of halogens is 1. The topological polar surface area (TPSA) is 82.0 Å². The zero-order valence-electron chi connectivity index (χ0n) is 10.0. The van der Waals surface area contributed by atoms with Crippen molar-refractivity contribution in [2.24, 2.45) is 0 Å². The van der Waals surface area contributed by atoms with Gasteiger partial charge in [0.25, 0.3) is 0 Å². The normalized spacial score (nSPS) is 10.7. The lowest BCUT2D eigenvalue weighted by atomic mass is 10.1. The average Bonchev–Trinajstić information content (AvgIpc) is 3.07. The van der Waals surface area contributed by atoms with E-state index in [1.165, 1.54) is 12.5 Å². The standard InChI is InChI=1S/C13H8ClN3O2S/c14-9-4-3-7(6-16-9)11(18)12-10(17-13(15)20-12)8-2-1-5-19-8/h1-6H,(H2,15,17). The lowest BCUT2D eigenvalue weighted by Crippen LogP contribution is -2.01. The first-order valence-electron chi connectivity index (χ1n) is 5.61. The molecule has 20 heavy (non-hydrogen) atoms. The van der Waals surface area contributed by atoms with E-state index in [0.717, 1.165) is 11.3 Å². The first kappa shape index (κ1) is 12.8. The Morgan fingerprint density at radius 1 is 1.35 bits per heavy atom. The predicted octanol–water partition coefficient (Wildman–Crippen LogP) is 3.26. The Hall–Kier alpha value is -2.18. The lowest BCUT2D eigenvalue weighted by Gasteiger charge is -1.99. The largest absolute Gasteiger partial charge is 0.463 e. The minimum Gasteiger partial charge on any atom is -0.463 e. The number of ketones is 1. The zero-order chi connectivity index (χ0) is 14.1. The van der Waals surface area contributed by atoms with Crippen LogP contribution in [0.3, 0.4) is 0 Å². The summed E-state index contributed by atoms with van der Waals surface area (Å²) in [5, 5.41) is 0.637. The molecule has 0 aliphatic rings. The van der Waals surface area contributed by atoms with Crippen molar-refractivity contribution in [1.29, 1.82) is 0 Å². The van der Waals surface area contributed by atoms with Crippen molar-refractivity contribution in [2.75, 3.05) is 5.73 Å². The molecule has 0 amide bonds. The molecule has 3 aromatic heterocycles. The van der Waals surface area contributed by atoms with Crippen LogP contribution in [0.4, 0.5) is 5.13 Å². The summed E-state index contributed by atoms with van der Waals surface area (Å²) in [5.74, 6) is 0.290. The van der Waals surface area contributed by atoms with Gasteiger partial charge in [-0.2, -0.15) is 0 Å². The van der Waals surface area contributed by atoms with E-state index in [-0.39, 0.29) is 5.78 Å². The fourth-order valence-electron chi connectivity index (χ4n) is 1.71. The van der Waals surface area contributed by atoms with Crippen LogP contribution in [-0.4, -0.2) is 15.8 Å². The third-order valence-electron chi connectivity index (χ3n) is 2.59. The molecule has 2 N–H and O–H groups in total. The number of nitrogen functional groups attached to an aromatic ring is 1. The van der Waals surface area contributed by atoms with Gasteiger partial charge in [-0.3, -0.25) is 4.79 Å². The van der Waals surface area contributed by atoms with Crippen LogP contribution in [0, 0.1) is 0 Å². The number of thiazole rings is 1. The Morgan fingerprint density at radius 2 is 2.20 bits per heavy atom. The van der Waals surface area contributed by atoms with Gasteiger partial charge in [-0.05, 0) is 24.3 Å². The third-order valence-corrected chi connectivity index (χ3v) is 3.70. The van der Waals surface area contributed by atoms with Gasteiger partial charge < -0.3 is 10.2 Å². The van der Waals surface area contributed by atoms with Crippen LogP contribution in [0.5, 0.6) is 0 Å². The predicted molar refractivity (Wildman–Crippen MR) is 76.9 cm³/mol. The Morgan fingerprint density at radius 3 is 2.85 bits per heavy atom. The Labute approximate surface area is 123 Å². The van der Waals surface area contributed by atoms with E-state index in [2.05, 4.69) is 9.97 Å². The van der Waals surface area contributed by atoms with Crippen molar-refractivity contribution in [2.45, 2.75) is 0 Å². The van der Waals surface area contributed by atoms with E-state index in [1.54, 1.807) is 24.3 Å². The summed E-state index contributed by atoms with van der Waals surface area (Å²) in [7, 11) is 0. The van der Waals surface area contributed by atoms with Gasteiger partial charge in [0.1, 0.15) is 15.7 Å². The first-order chi connectivity index (χ1) is 9.65. The lowest BCUT2D eigenvalue weighted by molar-refractivity contribution is 0.104. The molecule has 7 heteroatoms. The summed E-state index contributed by atoms with van der Waals surface area (Å²) in [6, 6.07) is 6.62. The molecule has 100 valence electrons. The second-order valence-corrected chi connectivity index (χ2v) is 5.32. The molecule has 0 aliphatic carbocycles. The van der Waals surface area contributed by atoms with Gasteiger partial charge in [0.2, 0.25) is 5.78 Å². The molecule has 3 heterocycles. The third kappa shape index (κ3) is 2.31. The van der Waals surface area contributed by atoms with E-state index in [1.807, 2.05) is 0 Å². The molecule has 0 atom stereocenters. The summed E-state index contributed by atoms with van der Waals surface area (Å²) >= 11 is 6.83. The van der Waals surface area contributed by atoms with Gasteiger partial charge in [-0.15, -0.1) is 0 Å². The van der Waals surface area contributed by atoms with Gasteiger partial charge in [0.05, 0.1) is 6.26 Å². The number of anilines is 1. The quantitative estimate of drug-likeness (QED) is 0.593. The molecule has 0 bridgehead atoms. The number of hydrogen-bond acceptors (Lipinski definition) is 6. The minimum absolute atomic E-state index is 0.213. The number of nitrogens with zero attached hydrogens (tertiary/aromatic N) is 2. The molecule has 3 aromatic rings. The molecular weight excluding hydrogens is 298 g/mol. The van der Waals surface area contributed by atoms with E-state index in [0.29, 0.717) is 32.2 Å². The van der Waals surface area contributed by atoms with Crippen LogP contribution in [0.2, 0.25) is 5.15 Å². The maximum atomic E-state index is 12.5. The summed E-state index contributed by atoms with van der Waals surface area (Å²) in [6.07, 6.45) is 2.94. The van der Waals surface area contributed by atoms with Crippen molar-refractivity contribution in [3.8, 4) is 11.5 Å². The second kappa shape index (κ2) is 5.07. The van der Waals surface area contributed by atoms with Crippen LogP contribution in [-0.2, 0) is 0 Å². The summed E-state index contributed by atoms with van der Waals surface area (Å²) in [6.45, 7) is 0. The number of carbonyl (C=O) groups is 1. The van der Waals surface area contributed by atoms with Crippen molar-refractivity contribution >= 4 is 33.9 Å². The van der Waals surface area contributed by atoms with Gasteiger partial charge in [0, 0.05) is 11.8 Å². The molecule has 0 spiro atoms. The molecule has 5 nitrogen and oxygen atoms in total. The molecule has 0 unspecified atom stereocenters. The highest BCUT2D eigenvalue weighted by molar-refractivity contribution is 7.18. The summed E-state index contributed by atoms with van der Waals surface area (Å²) < 4.78 is 5.28. The van der Waals surface area contributed by atoms with Crippen LogP contribution < -0.4 is 5.73 Å². The molecule has 3 rings (SSSR count). The Bertz CT molecular complexity index is 751. The van der Waals surface area contributed by atoms with Crippen LogP contribution in [0.15, 0.2) is 41.1 Å². The molecule has 0 saturated carbocycles. The first-order valence-corrected chi connectivity index (χ1v) is 6.81. The van der Waals surface area contributed by atoms with E-state index >= 15 is 0 Å². The van der Waals surface area contributed by atoms with E-state index < -0.39 is 0 Å². The van der Waals surface area contributed by atoms with Crippen molar-refractivity contribution in [3.63, 3.8) is 0 Å². The zero-order valence-corrected chi connectivity index (χ0v) is 11.6. The smallest absolute Gasteiger partial charge is 0.206 e. The van der Waals surface area contributed by atoms with E-state index in [4.69, 9.17) is 21.8 Å². The highest BCUT2D eigenvalue weighted by Gasteiger charge is 2.21. The number of rotatable bonds is 3. The van der Waals surface area contributed by atoms with Crippen LogP contribution in [0.25, 0.3) is 11.5 Å². The van der Waals surface area contributed by atoms with Gasteiger partial charge in [-0.25, -0.2) is 9.97 Å². The fraction of sp³-hybridized carbons (Fsp3) is 0. The molecule has 0 aliphatic heterocycles. The Balaban J connectivity index is 2.06. The number of furan rings is 1. The highest BCUT2D eigenvalue weighted by atomic mass is 35.5. The average molecular weight is 306 g/mol. The van der Waals surface area contributed by atoms with Gasteiger partial charge in [0.15, 0.2) is 10.9 Å². The van der Waals surface area contributed by atoms with Crippen molar-refractivity contribution in [3.05, 3.63) is 52.3 Å².